The summed E-state index contributed by atoms with van der Waals surface area (Å²) in [4.78, 5) is 31.2. The zero-order chi connectivity index (χ0) is 21.3. The highest BCUT2D eigenvalue weighted by Gasteiger charge is 2.30. The van der Waals surface area contributed by atoms with E-state index in [0.29, 0.717) is 26.2 Å². The Morgan fingerprint density at radius 3 is 2.97 bits per heavy atom. The Bertz CT molecular complexity index is 913. The van der Waals surface area contributed by atoms with Crippen LogP contribution >= 0.6 is 0 Å². The minimum Gasteiger partial charge on any atom is -0.496 e. The number of nitrogens with one attached hydrogen (secondary N) is 2. The first-order valence-corrected chi connectivity index (χ1v) is 10.1. The molecule has 1 aromatic carbocycles. The standard InChI is InChI=1S/C23H28N4O3/c1-17-7-5-11-24-19(17)16-26-22(28)15-20-23(29)25-12-14-27(20)13-6-9-18-8-3-4-10-21(18)30-2/h3-11,20H,12-16H2,1-2H3,(H,25,29)(H,26,28)/b9-6+. The van der Waals surface area contributed by atoms with Gasteiger partial charge in [-0.15, -0.1) is 0 Å². The summed E-state index contributed by atoms with van der Waals surface area (Å²) in [5.74, 6) is 0.516. The molecule has 0 spiro atoms. The van der Waals surface area contributed by atoms with E-state index in [4.69, 9.17) is 4.74 Å². The van der Waals surface area contributed by atoms with Gasteiger partial charge in [0.15, 0.2) is 0 Å². The lowest BCUT2D eigenvalue weighted by Crippen LogP contribution is -2.56. The number of piperazine rings is 1. The summed E-state index contributed by atoms with van der Waals surface area (Å²) in [6.07, 6.45) is 5.80. The Hall–Kier alpha value is -3.19. The SMILES string of the molecule is COc1ccccc1/C=C/CN1CCNC(=O)C1CC(=O)NCc1ncccc1C. The number of pyridine rings is 1. The molecule has 2 amide bonds. The third-order valence-corrected chi connectivity index (χ3v) is 5.17. The summed E-state index contributed by atoms with van der Waals surface area (Å²) in [5, 5.41) is 5.74. The Kier molecular flexibility index (Phi) is 7.57. The Labute approximate surface area is 177 Å². The predicted molar refractivity (Wildman–Crippen MR) is 116 cm³/mol. The molecular formula is C23H28N4O3. The van der Waals surface area contributed by atoms with E-state index in [0.717, 1.165) is 22.6 Å². The predicted octanol–water partition coefficient (Wildman–Crippen LogP) is 1.92. The van der Waals surface area contributed by atoms with Crippen LogP contribution in [0.3, 0.4) is 0 Å². The smallest absolute Gasteiger partial charge is 0.237 e. The fourth-order valence-corrected chi connectivity index (χ4v) is 3.46. The van der Waals surface area contributed by atoms with Crippen LogP contribution in [-0.4, -0.2) is 54.5 Å². The molecule has 0 radical (unpaired) electrons. The molecule has 1 aliphatic rings. The van der Waals surface area contributed by atoms with Gasteiger partial charge in [0.05, 0.1) is 31.8 Å². The van der Waals surface area contributed by atoms with Crippen molar-refractivity contribution in [2.24, 2.45) is 0 Å². The topological polar surface area (TPSA) is 83.6 Å². The molecule has 1 aliphatic heterocycles. The molecule has 7 heteroatoms. The summed E-state index contributed by atoms with van der Waals surface area (Å²) in [6.45, 7) is 4.15. The minimum atomic E-state index is -0.495. The van der Waals surface area contributed by atoms with Gasteiger partial charge < -0.3 is 15.4 Å². The number of aryl methyl sites for hydroxylation is 1. The number of hydrogen-bond donors (Lipinski definition) is 2. The van der Waals surface area contributed by atoms with E-state index in [-0.39, 0.29) is 18.2 Å². The third kappa shape index (κ3) is 5.67. The molecule has 0 bridgehead atoms. The summed E-state index contributed by atoms with van der Waals surface area (Å²) in [6, 6.07) is 11.1. The van der Waals surface area contributed by atoms with E-state index in [2.05, 4.69) is 15.6 Å². The van der Waals surface area contributed by atoms with E-state index in [1.54, 1.807) is 13.3 Å². The molecule has 1 atom stereocenters. The fraction of sp³-hybridized carbons (Fsp3) is 0.348. The first-order valence-electron chi connectivity index (χ1n) is 10.1. The van der Waals surface area contributed by atoms with Crippen LogP contribution in [0.2, 0.25) is 0 Å². The third-order valence-electron chi connectivity index (χ3n) is 5.17. The number of rotatable bonds is 8. The number of ether oxygens (including phenoxy) is 1. The molecule has 1 saturated heterocycles. The van der Waals surface area contributed by atoms with Crippen LogP contribution in [0, 0.1) is 6.92 Å². The van der Waals surface area contributed by atoms with Crippen molar-refractivity contribution in [2.75, 3.05) is 26.7 Å². The van der Waals surface area contributed by atoms with E-state index in [9.17, 15) is 9.59 Å². The molecule has 1 aromatic heterocycles. The van der Waals surface area contributed by atoms with Gasteiger partial charge in [-0.1, -0.05) is 36.4 Å². The summed E-state index contributed by atoms with van der Waals surface area (Å²) >= 11 is 0. The average molecular weight is 409 g/mol. The molecule has 3 rings (SSSR count). The van der Waals surface area contributed by atoms with Gasteiger partial charge in [0.25, 0.3) is 0 Å². The zero-order valence-corrected chi connectivity index (χ0v) is 17.4. The van der Waals surface area contributed by atoms with Gasteiger partial charge >= 0.3 is 0 Å². The monoisotopic (exact) mass is 408 g/mol. The molecule has 7 nitrogen and oxygen atoms in total. The van der Waals surface area contributed by atoms with Crippen molar-refractivity contribution >= 4 is 17.9 Å². The van der Waals surface area contributed by atoms with Crippen LogP contribution < -0.4 is 15.4 Å². The maximum Gasteiger partial charge on any atom is 0.237 e. The fourth-order valence-electron chi connectivity index (χ4n) is 3.46. The highest BCUT2D eigenvalue weighted by atomic mass is 16.5. The number of benzene rings is 1. The number of para-hydroxylation sites is 1. The second-order valence-electron chi connectivity index (χ2n) is 7.19. The van der Waals surface area contributed by atoms with Gasteiger partial charge in [-0.05, 0) is 24.6 Å². The van der Waals surface area contributed by atoms with Gasteiger partial charge in [-0.25, -0.2) is 0 Å². The van der Waals surface area contributed by atoms with Crippen molar-refractivity contribution in [1.82, 2.24) is 20.5 Å². The highest BCUT2D eigenvalue weighted by molar-refractivity contribution is 5.88. The summed E-state index contributed by atoms with van der Waals surface area (Å²) in [7, 11) is 1.64. The normalized spacial score (nSPS) is 17.0. The zero-order valence-electron chi connectivity index (χ0n) is 17.4. The van der Waals surface area contributed by atoms with Crippen molar-refractivity contribution in [3.8, 4) is 5.75 Å². The summed E-state index contributed by atoms with van der Waals surface area (Å²) < 4.78 is 5.36. The van der Waals surface area contributed by atoms with Gasteiger partial charge in [0.2, 0.25) is 11.8 Å². The molecule has 0 saturated carbocycles. The van der Waals surface area contributed by atoms with Crippen molar-refractivity contribution in [1.29, 1.82) is 0 Å². The lowest BCUT2D eigenvalue weighted by molar-refractivity contribution is -0.133. The van der Waals surface area contributed by atoms with Gasteiger partial charge in [0, 0.05) is 31.4 Å². The number of aromatic nitrogens is 1. The number of hydrogen-bond acceptors (Lipinski definition) is 5. The van der Waals surface area contributed by atoms with Gasteiger partial charge in [0.1, 0.15) is 5.75 Å². The molecule has 2 aromatic rings. The van der Waals surface area contributed by atoms with Crippen molar-refractivity contribution in [3.63, 3.8) is 0 Å². The van der Waals surface area contributed by atoms with Crippen LogP contribution in [0.15, 0.2) is 48.7 Å². The lowest BCUT2D eigenvalue weighted by Gasteiger charge is -2.33. The lowest BCUT2D eigenvalue weighted by atomic mass is 10.1. The Morgan fingerprint density at radius 1 is 1.33 bits per heavy atom. The first kappa shape index (κ1) is 21.5. The summed E-state index contributed by atoms with van der Waals surface area (Å²) in [5.41, 5.74) is 2.83. The molecule has 0 aliphatic carbocycles. The quantitative estimate of drug-likeness (QED) is 0.697. The molecular weight excluding hydrogens is 380 g/mol. The van der Waals surface area contributed by atoms with Crippen LogP contribution in [0.5, 0.6) is 5.75 Å². The molecule has 158 valence electrons. The van der Waals surface area contributed by atoms with Crippen molar-refractivity contribution < 1.29 is 14.3 Å². The van der Waals surface area contributed by atoms with E-state index < -0.39 is 6.04 Å². The second-order valence-corrected chi connectivity index (χ2v) is 7.19. The van der Waals surface area contributed by atoms with Gasteiger partial charge in [-0.2, -0.15) is 0 Å². The number of nitrogens with zero attached hydrogens (tertiary/aromatic N) is 2. The van der Waals surface area contributed by atoms with Crippen LogP contribution in [0.1, 0.15) is 23.2 Å². The van der Waals surface area contributed by atoms with Crippen molar-refractivity contribution in [2.45, 2.75) is 25.9 Å². The van der Waals surface area contributed by atoms with Crippen molar-refractivity contribution in [3.05, 3.63) is 65.5 Å². The molecule has 2 N–H and O–H groups in total. The highest BCUT2D eigenvalue weighted by Crippen LogP contribution is 2.19. The minimum absolute atomic E-state index is 0.111. The number of carbonyl (C=O) groups is 2. The first-order chi connectivity index (χ1) is 14.6. The molecule has 1 fully saturated rings. The van der Waals surface area contributed by atoms with E-state index >= 15 is 0 Å². The second kappa shape index (κ2) is 10.5. The number of methoxy groups -OCH3 is 1. The van der Waals surface area contributed by atoms with E-state index in [1.165, 1.54) is 0 Å². The van der Waals surface area contributed by atoms with Gasteiger partial charge in [-0.3, -0.25) is 19.5 Å². The van der Waals surface area contributed by atoms with Crippen LogP contribution in [-0.2, 0) is 16.1 Å². The number of amides is 2. The van der Waals surface area contributed by atoms with Crippen LogP contribution in [0.4, 0.5) is 0 Å². The maximum absolute atomic E-state index is 12.5. The molecule has 1 unspecified atom stereocenters. The van der Waals surface area contributed by atoms with Crippen LogP contribution in [0.25, 0.3) is 6.08 Å². The average Bonchev–Trinajstić information content (AvgIpc) is 2.75. The Morgan fingerprint density at radius 2 is 2.17 bits per heavy atom. The maximum atomic E-state index is 12.5. The Balaban J connectivity index is 1.58. The van der Waals surface area contributed by atoms with E-state index in [1.807, 2.05) is 60.4 Å². The molecule has 2 heterocycles. The largest absolute Gasteiger partial charge is 0.496 e. The number of carbonyl (C=O) groups excluding carboxylic acids is 2. The molecule has 30 heavy (non-hydrogen) atoms.